The number of allylic oxidation sites excluding steroid dienone is 4. The van der Waals surface area contributed by atoms with E-state index in [1.165, 1.54) is 24.0 Å². The van der Waals surface area contributed by atoms with E-state index in [0.29, 0.717) is 0 Å². The zero-order chi connectivity index (χ0) is 12.8. The van der Waals surface area contributed by atoms with Gasteiger partial charge in [-0.3, -0.25) is 9.59 Å². The zero-order valence-corrected chi connectivity index (χ0v) is 11.0. The maximum absolute atomic E-state index is 11.3. The quantitative estimate of drug-likeness (QED) is 0.708. The molecule has 0 bridgehead atoms. The monoisotopic (exact) mass is 246 g/mol. The summed E-state index contributed by atoms with van der Waals surface area (Å²) >= 11 is 0. The van der Waals surface area contributed by atoms with Crippen LogP contribution in [0.5, 0.6) is 0 Å². The van der Waals surface area contributed by atoms with E-state index in [1.807, 2.05) is 0 Å². The lowest BCUT2D eigenvalue weighted by atomic mass is 9.90. The Morgan fingerprint density at radius 1 is 0.556 bits per heavy atom. The van der Waals surface area contributed by atoms with E-state index in [4.69, 9.17) is 0 Å². The summed E-state index contributed by atoms with van der Waals surface area (Å²) < 4.78 is 0. The smallest absolute Gasteiger partial charge is 0.146 e. The molecule has 0 fully saturated rings. The largest absolute Gasteiger partial charge is 0.298 e. The summed E-state index contributed by atoms with van der Waals surface area (Å²) in [6.45, 7) is 0. The second-order valence-corrected chi connectivity index (χ2v) is 5.36. The number of carbonyl (C=O) groups is 2. The van der Waals surface area contributed by atoms with Crippen molar-refractivity contribution in [3.63, 3.8) is 0 Å². The number of hydrogen-bond donors (Lipinski definition) is 0. The third-order valence-corrected chi connectivity index (χ3v) is 4.17. The highest BCUT2D eigenvalue weighted by Crippen LogP contribution is 2.35. The molecule has 2 nitrogen and oxygen atoms in total. The van der Waals surface area contributed by atoms with E-state index in [9.17, 15) is 9.59 Å². The minimum absolute atomic E-state index is 0.897. The van der Waals surface area contributed by atoms with Gasteiger partial charge in [0.2, 0.25) is 0 Å². The first-order chi connectivity index (χ1) is 8.86. The summed E-state index contributed by atoms with van der Waals surface area (Å²) in [4.78, 5) is 22.6. The molecule has 2 heteroatoms. The molecular formula is C16H22O2. The predicted molar refractivity (Wildman–Crippen MR) is 72.4 cm³/mol. The molecule has 0 aliphatic heterocycles. The second kappa shape index (κ2) is 6.67. The Bertz CT molecular complexity index is 350. The highest BCUT2D eigenvalue weighted by molar-refractivity contribution is 5.81. The van der Waals surface area contributed by atoms with Crippen LogP contribution in [0.3, 0.4) is 0 Å². The first-order valence-electron chi connectivity index (χ1n) is 7.21. The third-order valence-electron chi connectivity index (χ3n) is 4.17. The first-order valence-corrected chi connectivity index (χ1v) is 7.21. The fraction of sp³-hybridized carbons (Fsp3) is 0.625. The minimum Gasteiger partial charge on any atom is -0.298 e. The Morgan fingerprint density at radius 2 is 0.944 bits per heavy atom. The van der Waals surface area contributed by atoms with E-state index in [2.05, 4.69) is 0 Å². The highest BCUT2D eigenvalue weighted by Gasteiger charge is 2.19. The van der Waals surface area contributed by atoms with Gasteiger partial charge in [-0.2, -0.15) is 0 Å². The summed E-state index contributed by atoms with van der Waals surface area (Å²) in [6.07, 6.45) is 12.8. The van der Waals surface area contributed by atoms with Crippen LogP contribution in [0.15, 0.2) is 22.3 Å². The molecule has 0 N–H and O–H groups in total. The van der Waals surface area contributed by atoms with Gasteiger partial charge < -0.3 is 0 Å². The van der Waals surface area contributed by atoms with Gasteiger partial charge in [-0.15, -0.1) is 0 Å². The maximum atomic E-state index is 11.3. The van der Waals surface area contributed by atoms with Crippen LogP contribution in [0.25, 0.3) is 0 Å². The van der Waals surface area contributed by atoms with Gasteiger partial charge in [-0.1, -0.05) is 12.8 Å². The standard InChI is InChI=1S/C16H22O2/c17-11-13-7-3-1-5-9-15(13)16-10-6-2-4-8-14(16)12-18/h11-12H,1-10H2. The van der Waals surface area contributed by atoms with Crippen LogP contribution in [0.1, 0.15) is 64.2 Å². The van der Waals surface area contributed by atoms with Crippen LogP contribution in [-0.2, 0) is 9.59 Å². The van der Waals surface area contributed by atoms with Crippen molar-refractivity contribution in [1.82, 2.24) is 0 Å². The van der Waals surface area contributed by atoms with Gasteiger partial charge in [-0.05, 0) is 73.7 Å². The summed E-state index contributed by atoms with van der Waals surface area (Å²) in [5.41, 5.74) is 4.35. The Kier molecular flexibility index (Phi) is 4.91. The van der Waals surface area contributed by atoms with Crippen LogP contribution in [0.4, 0.5) is 0 Å². The normalized spacial score (nSPS) is 22.4. The van der Waals surface area contributed by atoms with Crippen LogP contribution in [-0.4, -0.2) is 12.6 Å². The average molecular weight is 246 g/mol. The molecule has 2 aliphatic rings. The molecule has 0 saturated carbocycles. The lowest BCUT2D eigenvalue weighted by Crippen LogP contribution is -2.01. The van der Waals surface area contributed by atoms with Crippen molar-refractivity contribution in [2.45, 2.75) is 64.2 Å². The van der Waals surface area contributed by atoms with Gasteiger partial charge in [0.05, 0.1) is 0 Å². The molecule has 18 heavy (non-hydrogen) atoms. The van der Waals surface area contributed by atoms with Crippen LogP contribution >= 0.6 is 0 Å². The molecule has 0 atom stereocenters. The van der Waals surface area contributed by atoms with Crippen LogP contribution < -0.4 is 0 Å². The topological polar surface area (TPSA) is 34.1 Å². The van der Waals surface area contributed by atoms with Crippen molar-refractivity contribution in [3.05, 3.63) is 22.3 Å². The molecule has 0 radical (unpaired) electrons. The molecule has 0 spiro atoms. The van der Waals surface area contributed by atoms with Gasteiger partial charge in [0.25, 0.3) is 0 Å². The van der Waals surface area contributed by atoms with E-state index >= 15 is 0 Å². The van der Waals surface area contributed by atoms with Crippen molar-refractivity contribution in [3.8, 4) is 0 Å². The van der Waals surface area contributed by atoms with Gasteiger partial charge in [0, 0.05) is 0 Å². The van der Waals surface area contributed by atoms with Crippen molar-refractivity contribution < 1.29 is 9.59 Å². The first kappa shape index (κ1) is 13.3. The molecule has 0 aromatic carbocycles. The summed E-state index contributed by atoms with van der Waals surface area (Å²) in [6, 6.07) is 0. The molecule has 2 rings (SSSR count). The number of rotatable bonds is 3. The zero-order valence-electron chi connectivity index (χ0n) is 11.0. The lowest BCUT2D eigenvalue weighted by Gasteiger charge is -2.14. The maximum Gasteiger partial charge on any atom is 0.146 e. The molecule has 0 aromatic heterocycles. The Morgan fingerprint density at radius 3 is 1.33 bits per heavy atom. The number of carbonyl (C=O) groups excluding carboxylic acids is 2. The van der Waals surface area contributed by atoms with Crippen molar-refractivity contribution in [2.75, 3.05) is 0 Å². The summed E-state index contributed by atoms with van der Waals surface area (Å²) in [5, 5.41) is 0. The minimum atomic E-state index is 0.897. The Hall–Kier alpha value is -1.18. The van der Waals surface area contributed by atoms with E-state index in [-0.39, 0.29) is 0 Å². The molecule has 0 heterocycles. The highest BCUT2D eigenvalue weighted by atomic mass is 16.1. The van der Waals surface area contributed by atoms with Gasteiger partial charge in [0.15, 0.2) is 0 Å². The molecular weight excluding hydrogens is 224 g/mol. The van der Waals surface area contributed by atoms with Crippen molar-refractivity contribution in [1.29, 1.82) is 0 Å². The predicted octanol–water partition coefficient (Wildman–Crippen LogP) is 3.91. The van der Waals surface area contributed by atoms with E-state index in [0.717, 1.165) is 75.1 Å². The van der Waals surface area contributed by atoms with Crippen molar-refractivity contribution >= 4 is 12.6 Å². The SMILES string of the molecule is O=CC1=C(C2=C(C=O)CCCCC2)CCCCC1. The molecule has 2 aliphatic carbocycles. The molecule has 0 unspecified atom stereocenters. The van der Waals surface area contributed by atoms with Gasteiger partial charge >= 0.3 is 0 Å². The second-order valence-electron chi connectivity index (χ2n) is 5.36. The Balaban J connectivity index is 2.40. The summed E-state index contributed by atoms with van der Waals surface area (Å²) in [5.74, 6) is 0. The molecule has 98 valence electrons. The van der Waals surface area contributed by atoms with E-state index in [1.54, 1.807) is 0 Å². The molecule has 0 amide bonds. The Labute approximate surface area is 109 Å². The summed E-state index contributed by atoms with van der Waals surface area (Å²) in [7, 11) is 0. The van der Waals surface area contributed by atoms with Gasteiger partial charge in [0.1, 0.15) is 12.6 Å². The third kappa shape index (κ3) is 2.98. The number of hydrogen-bond acceptors (Lipinski definition) is 2. The fourth-order valence-electron chi connectivity index (χ4n) is 3.16. The average Bonchev–Trinajstić information content (AvgIpc) is 2.77. The van der Waals surface area contributed by atoms with E-state index < -0.39 is 0 Å². The van der Waals surface area contributed by atoms with Gasteiger partial charge in [-0.25, -0.2) is 0 Å². The van der Waals surface area contributed by atoms with Crippen molar-refractivity contribution in [2.24, 2.45) is 0 Å². The molecule has 0 aromatic rings. The lowest BCUT2D eigenvalue weighted by molar-refractivity contribution is -0.106. The number of aldehydes is 2. The van der Waals surface area contributed by atoms with Crippen LogP contribution in [0, 0.1) is 0 Å². The van der Waals surface area contributed by atoms with Crippen LogP contribution in [0.2, 0.25) is 0 Å². The molecule has 0 saturated heterocycles. The fourth-order valence-corrected chi connectivity index (χ4v) is 3.16.